The smallest absolute Gasteiger partial charge is 0.151 e. The van der Waals surface area contributed by atoms with Crippen molar-refractivity contribution in [2.45, 2.75) is 11.5 Å². The van der Waals surface area contributed by atoms with E-state index in [2.05, 4.69) is 12.6 Å². The summed E-state index contributed by atoms with van der Waals surface area (Å²) in [5.74, 6) is 0. The standard InChI is InChI=1S/C10H8O2S2/c11-3-6-1-8-7(4-12)5-14-10(8)9(13)2-6/h1-2,4-5,11,13H,3H2. The molecule has 0 radical (unpaired) electrons. The molecular formula is C10H8O2S2. The van der Waals surface area contributed by atoms with Crippen LogP contribution in [0.2, 0.25) is 0 Å². The maximum atomic E-state index is 10.7. The van der Waals surface area contributed by atoms with Gasteiger partial charge in [0.25, 0.3) is 0 Å². The molecule has 0 saturated heterocycles. The van der Waals surface area contributed by atoms with Crippen LogP contribution in [0.4, 0.5) is 0 Å². The number of rotatable bonds is 2. The van der Waals surface area contributed by atoms with Crippen LogP contribution >= 0.6 is 24.0 Å². The van der Waals surface area contributed by atoms with Gasteiger partial charge in [0.05, 0.1) is 6.61 Å². The number of aliphatic hydroxyl groups is 1. The van der Waals surface area contributed by atoms with Gasteiger partial charge in [-0.15, -0.1) is 24.0 Å². The van der Waals surface area contributed by atoms with Gasteiger partial charge in [-0.05, 0) is 17.7 Å². The van der Waals surface area contributed by atoms with E-state index in [0.717, 1.165) is 26.8 Å². The Kier molecular flexibility index (Phi) is 2.58. The lowest BCUT2D eigenvalue weighted by Gasteiger charge is -2.00. The molecule has 0 aliphatic heterocycles. The second-order valence-electron chi connectivity index (χ2n) is 2.96. The Bertz CT molecular complexity index is 488. The minimum Gasteiger partial charge on any atom is -0.392 e. The summed E-state index contributed by atoms with van der Waals surface area (Å²) < 4.78 is 0.993. The van der Waals surface area contributed by atoms with Crippen molar-refractivity contribution < 1.29 is 9.90 Å². The van der Waals surface area contributed by atoms with Crippen molar-refractivity contribution in [2.24, 2.45) is 0 Å². The Morgan fingerprint density at radius 2 is 2.29 bits per heavy atom. The normalized spacial score (nSPS) is 10.7. The van der Waals surface area contributed by atoms with Gasteiger partial charge < -0.3 is 5.11 Å². The summed E-state index contributed by atoms with van der Waals surface area (Å²) in [5.41, 5.74) is 1.44. The summed E-state index contributed by atoms with van der Waals surface area (Å²) in [5, 5.41) is 11.7. The predicted molar refractivity (Wildman–Crippen MR) is 60.4 cm³/mol. The maximum Gasteiger partial charge on any atom is 0.151 e. The Balaban J connectivity index is 2.79. The van der Waals surface area contributed by atoms with Crippen LogP contribution in [0.5, 0.6) is 0 Å². The van der Waals surface area contributed by atoms with Gasteiger partial charge >= 0.3 is 0 Å². The lowest BCUT2D eigenvalue weighted by Crippen LogP contribution is -1.84. The van der Waals surface area contributed by atoms with Crippen molar-refractivity contribution in [1.82, 2.24) is 0 Å². The molecule has 2 nitrogen and oxygen atoms in total. The van der Waals surface area contributed by atoms with Crippen molar-refractivity contribution in [3.05, 3.63) is 28.6 Å². The van der Waals surface area contributed by atoms with Crippen LogP contribution < -0.4 is 0 Å². The first-order valence-corrected chi connectivity index (χ1v) is 5.38. The molecule has 0 unspecified atom stereocenters. The van der Waals surface area contributed by atoms with Crippen LogP contribution in [-0.4, -0.2) is 11.4 Å². The molecule has 14 heavy (non-hydrogen) atoms. The zero-order valence-corrected chi connectivity index (χ0v) is 8.94. The fourth-order valence-corrected chi connectivity index (χ4v) is 2.73. The Labute approximate surface area is 90.6 Å². The summed E-state index contributed by atoms with van der Waals surface area (Å²) in [7, 11) is 0. The van der Waals surface area contributed by atoms with Crippen molar-refractivity contribution in [3.8, 4) is 0 Å². The van der Waals surface area contributed by atoms with Crippen molar-refractivity contribution in [2.75, 3.05) is 0 Å². The molecule has 0 fully saturated rings. The fourth-order valence-electron chi connectivity index (χ4n) is 1.38. The van der Waals surface area contributed by atoms with E-state index in [1.54, 1.807) is 5.38 Å². The van der Waals surface area contributed by atoms with Crippen LogP contribution in [0.25, 0.3) is 10.1 Å². The molecule has 0 aliphatic rings. The molecule has 0 atom stereocenters. The average Bonchev–Trinajstić information content (AvgIpc) is 2.61. The Hall–Kier alpha value is -0.840. The topological polar surface area (TPSA) is 37.3 Å². The van der Waals surface area contributed by atoms with Crippen LogP contribution in [0.15, 0.2) is 22.4 Å². The van der Waals surface area contributed by atoms with Gasteiger partial charge in [-0.2, -0.15) is 0 Å². The molecule has 1 aromatic carbocycles. The second-order valence-corrected chi connectivity index (χ2v) is 4.32. The molecule has 1 aromatic heterocycles. The van der Waals surface area contributed by atoms with E-state index in [4.69, 9.17) is 5.11 Å². The van der Waals surface area contributed by atoms with Crippen LogP contribution in [0, 0.1) is 0 Å². The first-order chi connectivity index (χ1) is 6.76. The molecule has 0 bridgehead atoms. The van der Waals surface area contributed by atoms with E-state index in [9.17, 15) is 4.79 Å². The third-order valence-corrected chi connectivity index (χ3v) is 3.60. The number of carbonyl (C=O) groups is 1. The number of fused-ring (bicyclic) bond motifs is 1. The highest BCUT2D eigenvalue weighted by Crippen LogP contribution is 2.31. The molecule has 0 saturated carbocycles. The van der Waals surface area contributed by atoms with Crippen molar-refractivity contribution in [1.29, 1.82) is 0 Å². The Morgan fingerprint density at radius 1 is 1.50 bits per heavy atom. The van der Waals surface area contributed by atoms with Gasteiger partial charge in [0.15, 0.2) is 6.29 Å². The quantitative estimate of drug-likeness (QED) is 0.607. The van der Waals surface area contributed by atoms with E-state index in [1.807, 2.05) is 12.1 Å². The Morgan fingerprint density at radius 3 is 2.93 bits per heavy atom. The lowest BCUT2D eigenvalue weighted by atomic mass is 10.1. The first kappa shape index (κ1) is 9.71. The maximum absolute atomic E-state index is 10.7. The van der Waals surface area contributed by atoms with E-state index in [1.165, 1.54) is 11.3 Å². The first-order valence-electron chi connectivity index (χ1n) is 4.05. The summed E-state index contributed by atoms with van der Waals surface area (Å²) in [6, 6.07) is 3.64. The third kappa shape index (κ3) is 1.45. The highest BCUT2D eigenvalue weighted by Gasteiger charge is 2.07. The number of carbonyl (C=O) groups excluding carboxylic acids is 1. The summed E-state index contributed by atoms with van der Waals surface area (Å²) >= 11 is 5.80. The molecule has 0 amide bonds. The van der Waals surface area contributed by atoms with Crippen LogP contribution in [0.1, 0.15) is 15.9 Å². The number of thiol groups is 1. The van der Waals surface area contributed by atoms with Crippen LogP contribution in [0.3, 0.4) is 0 Å². The molecule has 0 aliphatic carbocycles. The largest absolute Gasteiger partial charge is 0.392 e. The molecule has 4 heteroatoms. The number of aldehydes is 1. The molecule has 1 N–H and O–H groups in total. The molecule has 1 heterocycles. The minimum absolute atomic E-state index is 0.0301. The van der Waals surface area contributed by atoms with Gasteiger partial charge in [-0.25, -0.2) is 0 Å². The van der Waals surface area contributed by atoms with Gasteiger partial charge in [0, 0.05) is 25.9 Å². The van der Waals surface area contributed by atoms with Crippen molar-refractivity contribution in [3.63, 3.8) is 0 Å². The monoisotopic (exact) mass is 224 g/mol. The van der Waals surface area contributed by atoms with E-state index in [0.29, 0.717) is 5.56 Å². The second kappa shape index (κ2) is 3.73. The van der Waals surface area contributed by atoms with Gasteiger partial charge in [-0.1, -0.05) is 0 Å². The number of hydrogen-bond donors (Lipinski definition) is 2. The molecule has 0 spiro atoms. The molecule has 72 valence electrons. The summed E-state index contributed by atoms with van der Waals surface area (Å²) in [6.45, 7) is -0.0301. The minimum atomic E-state index is -0.0301. The van der Waals surface area contributed by atoms with E-state index in [-0.39, 0.29) is 6.61 Å². The van der Waals surface area contributed by atoms with Gasteiger partial charge in [0.1, 0.15) is 0 Å². The number of hydrogen-bond acceptors (Lipinski definition) is 4. The highest BCUT2D eigenvalue weighted by molar-refractivity contribution is 7.80. The van der Waals surface area contributed by atoms with Gasteiger partial charge in [-0.3, -0.25) is 4.79 Å². The number of aliphatic hydroxyl groups excluding tert-OH is 1. The van der Waals surface area contributed by atoms with Gasteiger partial charge in [0.2, 0.25) is 0 Å². The zero-order valence-electron chi connectivity index (χ0n) is 7.23. The number of benzene rings is 1. The van der Waals surface area contributed by atoms with Crippen molar-refractivity contribution >= 4 is 40.3 Å². The lowest BCUT2D eigenvalue weighted by molar-refractivity contribution is 0.112. The summed E-state index contributed by atoms with van der Waals surface area (Å²) in [6.07, 6.45) is 0.827. The molecule has 2 aromatic rings. The SMILES string of the molecule is O=Cc1csc2c(S)cc(CO)cc12. The third-order valence-electron chi connectivity index (χ3n) is 2.05. The average molecular weight is 224 g/mol. The molecular weight excluding hydrogens is 216 g/mol. The van der Waals surface area contributed by atoms with Crippen LogP contribution in [-0.2, 0) is 6.61 Å². The zero-order chi connectivity index (χ0) is 10.1. The summed E-state index contributed by atoms with van der Waals surface area (Å²) in [4.78, 5) is 11.5. The fraction of sp³-hybridized carbons (Fsp3) is 0.100. The highest BCUT2D eigenvalue weighted by atomic mass is 32.1. The van der Waals surface area contributed by atoms with E-state index < -0.39 is 0 Å². The predicted octanol–water partition coefficient (Wildman–Crippen LogP) is 2.49. The number of thiophene rings is 1. The van der Waals surface area contributed by atoms with E-state index >= 15 is 0 Å². The molecule has 2 rings (SSSR count).